The van der Waals surface area contributed by atoms with Gasteiger partial charge in [0.05, 0.1) is 30.4 Å². The maximum Gasteiger partial charge on any atom is 0.269 e. The van der Waals surface area contributed by atoms with Crippen molar-refractivity contribution in [3.63, 3.8) is 0 Å². The number of hydrogen-bond acceptors (Lipinski definition) is 6. The molecule has 0 fully saturated rings. The maximum absolute atomic E-state index is 13.3. The summed E-state index contributed by atoms with van der Waals surface area (Å²) in [5, 5.41) is 12.2. The van der Waals surface area contributed by atoms with Gasteiger partial charge in [-0.05, 0) is 23.6 Å². The first-order valence-electron chi connectivity index (χ1n) is 9.57. The molecule has 3 heterocycles. The number of carbonyl (C=O) groups is 1. The third kappa shape index (κ3) is 3.71. The number of H-pyrrole nitrogens is 1. The molecule has 9 heteroatoms. The lowest BCUT2D eigenvalue weighted by Gasteiger charge is -2.14. The van der Waals surface area contributed by atoms with Crippen LogP contribution in [0.1, 0.15) is 5.76 Å². The highest BCUT2D eigenvalue weighted by Gasteiger charge is 2.17. The average molecular weight is 431 g/mol. The number of furan rings is 1. The van der Waals surface area contributed by atoms with Crippen molar-refractivity contribution in [1.82, 2.24) is 25.1 Å². The number of aromatic nitrogens is 4. The lowest BCUT2D eigenvalue weighted by atomic mass is 10.1. The van der Waals surface area contributed by atoms with E-state index in [0.29, 0.717) is 34.2 Å². The normalized spacial score (nSPS) is 11.2. The molecule has 154 valence electrons. The first-order valence-corrected chi connectivity index (χ1v) is 10.6. The van der Waals surface area contributed by atoms with Crippen LogP contribution in [0.4, 0.5) is 0 Å². The number of carbonyl (C=O) groups excluding carboxylic acids is 1. The molecule has 0 atom stereocenters. The third-order valence-electron chi connectivity index (χ3n) is 4.83. The van der Waals surface area contributed by atoms with E-state index >= 15 is 0 Å². The fraction of sp³-hybridized carbons (Fsp3) is 0.0909. The molecule has 5 rings (SSSR count). The Morgan fingerprint density at radius 1 is 1.10 bits per heavy atom. The molecule has 0 spiro atoms. The van der Waals surface area contributed by atoms with Crippen LogP contribution in [0.2, 0.25) is 0 Å². The Morgan fingerprint density at radius 3 is 2.84 bits per heavy atom. The summed E-state index contributed by atoms with van der Waals surface area (Å²) in [6, 6.07) is 17.1. The molecule has 2 aromatic carbocycles. The molecule has 0 saturated heterocycles. The minimum atomic E-state index is -0.242. The van der Waals surface area contributed by atoms with Crippen molar-refractivity contribution in [2.75, 3.05) is 5.75 Å². The number of fused-ring (bicyclic) bond motifs is 2. The monoisotopic (exact) mass is 431 g/mol. The van der Waals surface area contributed by atoms with Crippen molar-refractivity contribution < 1.29 is 9.21 Å². The van der Waals surface area contributed by atoms with Gasteiger partial charge in [-0.2, -0.15) is 5.10 Å². The second kappa shape index (κ2) is 8.11. The van der Waals surface area contributed by atoms with E-state index in [9.17, 15) is 9.59 Å². The van der Waals surface area contributed by atoms with Crippen LogP contribution in [-0.2, 0) is 11.3 Å². The second-order valence-electron chi connectivity index (χ2n) is 6.81. The Kier molecular flexibility index (Phi) is 5.01. The number of thioether (sulfide) groups is 1. The van der Waals surface area contributed by atoms with E-state index in [2.05, 4.69) is 20.5 Å². The van der Waals surface area contributed by atoms with Gasteiger partial charge in [-0.25, -0.2) is 4.98 Å². The van der Waals surface area contributed by atoms with E-state index in [1.54, 1.807) is 23.0 Å². The van der Waals surface area contributed by atoms with Crippen LogP contribution in [0.25, 0.3) is 27.5 Å². The van der Waals surface area contributed by atoms with Gasteiger partial charge in [0.1, 0.15) is 11.1 Å². The van der Waals surface area contributed by atoms with Gasteiger partial charge in [0.15, 0.2) is 10.8 Å². The molecule has 0 aliphatic carbocycles. The summed E-state index contributed by atoms with van der Waals surface area (Å²) in [7, 11) is 0. The van der Waals surface area contributed by atoms with E-state index in [-0.39, 0.29) is 17.2 Å². The summed E-state index contributed by atoms with van der Waals surface area (Å²) in [6.07, 6.45) is 3.03. The fourth-order valence-corrected chi connectivity index (χ4v) is 4.20. The lowest BCUT2D eigenvalue weighted by Crippen LogP contribution is -2.26. The summed E-state index contributed by atoms with van der Waals surface area (Å²) in [4.78, 5) is 30.2. The molecule has 5 aromatic rings. The summed E-state index contributed by atoms with van der Waals surface area (Å²) < 4.78 is 6.78. The molecule has 31 heavy (non-hydrogen) atoms. The number of amides is 1. The van der Waals surface area contributed by atoms with Crippen molar-refractivity contribution in [1.29, 1.82) is 0 Å². The van der Waals surface area contributed by atoms with Crippen LogP contribution in [0, 0.1) is 0 Å². The first kappa shape index (κ1) is 19.1. The molecule has 0 bridgehead atoms. The average Bonchev–Trinajstić information content (AvgIpc) is 3.48. The van der Waals surface area contributed by atoms with Crippen molar-refractivity contribution >= 4 is 39.5 Å². The Balaban J connectivity index is 1.52. The van der Waals surface area contributed by atoms with E-state index in [1.807, 2.05) is 42.5 Å². The van der Waals surface area contributed by atoms with Gasteiger partial charge >= 0.3 is 0 Å². The zero-order valence-electron chi connectivity index (χ0n) is 16.2. The predicted molar refractivity (Wildman–Crippen MR) is 118 cm³/mol. The Morgan fingerprint density at radius 2 is 1.97 bits per heavy atom. The fourth-order valence-electron chi connectivity index (χ4n) is 3.37. The highest BCUT2D eigenvalue weighted by Crippen LogP contribution is 2.26. The second-order valence-corrected chi connectivity index (χ2v) is 7.75. The topological polar surface area (TPSA) is 106 Å². The van der Waals surface area contributed by atoms with Crippen molar-refractivity contribution in [3.05, 3.63) is 83.2 Å². The summed E-state index contributed by atoms with van der Waals surface area (Å²) in [5.41, 5.74) is 0.853. The molecular weight excluding hydrogens is 414 g/mol. The third-order valence-corrected chi connectivity index (χ3v) is 5.77. The van der Waals surface area contributed by atoms with E-state index in [1.165, 1.54) is 18.0 Å². The molecule has 0 unspecified atom stereocenters. The first-order chi connectivity index (χ1) is 15.2. The van der Waals surface area contributed by atoms with E-state index in [4.69, 9.17) is 4.42 Å². The van der Waals surface area contributed by atoms with Crippen LogP contribution in [0.3, 0.4) is 0 Å². The maximum atomic E-state index is 13.3. The number of nitrogens with one attached hydrogen (secondary N) is 2. The Labute approximate surface area is 180 Å². The number of hydrogen-bond donors (Lipinski definition) is 2. The van der Waals surface area contributed by atoms with E-state index < -0.39 is 0 Å². The van der Waals surface area contributed by atoms with Crippen LogP contribution in [0.15, 0.2) is 81.4 Å². The molecule has 0 aliphatic heterocycles. The van der Waals surface area contributed by atoms with Crippen LogP contribution in [-0.4, -0.2) is 31.4 Å². The molecule has 0 radical (unpaired) electrons. The number of rotatable bonds is 6. The summed E-state index contributed by atoms with van der Waals surface area (Å²) in [5.74, 6) is 0.574. The van der Waals surface area contributed by atoms with Gasteiger partial charge in [-0.3, -0.25) is 19.3 Å². The van der Waals surface area contributed by atoms with Gasteiger partial charge < -0.3 is 9.73 Å². The number of aromatic amines is 1. The minimum Gasteiger partial charge on any atom is -0.467 e. The van der Waals surface area contributed by atoms with Crippen molar-refractivity contribution in [2.24, 2.45) is 0 Å². The molecule has 1 amide bonds. The van der Waals surface area contributed by atoms with Gasteiger partial charge in [0.25, 0.3) is 5.56 Å². The Hall–Kier alpha value is -3.85. The minimum absolute atomic E-state index is 0.0948. The van der Waals surface area contributed by atoms with Crippen LogP contribution >= 0.6 is 11.8 Å². The lowest BCUT2D eigenvalue weighted by molar-refractivity contribution is -0.118. The smallest absolute Gasteiger partial charge is 0.269 e. The van der Waals surface area contributed by atoms with Gasteiger partial charge in [-0.15, -0.1) is 0 Å². The highest BCUT2D eigenvalue weighted by atomic mass is 32.2. The molecule has 0 saturated carbocycles. The van der Waals surface area contributed by atoms with Gasteiger partial charge in [0, 0.05) is 5.39 Å². The summed E-state index contributed by atoms with van der Waals surface area (Å²) >= 11 is 1.19. The van der Waals surface area contributed by atoms with E-state index in [0.717, 1.165) is 10.8 Å². The molecule has 8 nitrogen and oxygen atoms in total. The largest absolute Gasteiger partial charge is 0.467 e. The van der Waals surface area contributed by atoms with Crippen molar-refractivity contribution in [2.45, 2.75) is 11.7 Å². The van der Waals surface area contributed by atoms with Crippen LogP contribution < -0.4 is 10.9 Å². The number of benzene rings is 2. The van der Waals surface area contributed by atoms with Gasteiger partial charge in [0.2, 0.25) is 5.91 Å². The van der Waals surface area contributed by atoms with Gasteiger partial charge in [-0.1, -0.05) is 48.2 Å². The number of nitrogens with zero attached hydrogens (tertiary/aromatic N) is 3. The summed E-state index contributed by atoms with van der Waals surface area (Å²) in [6.45, 7) is 0.301. The standard InChI is InChI=1S/C22H17N5O3S/c28-19(23-11-15-7-4-10-30-15)13-31-22-25-20-17(12-24-26-20)21(29)27(22)18-9-3-6-14-5-1-2-8-16(14)18/h1-10,12H,11,13H2,(H,23,28)(H,24,26). The molecule has 2 N–H and O–H groups in total. The zero-order valence-corrected chi connectivity index (χ0v) is 17.1. The molecule has 0 aliphatic rings. The SMILES string of the molecule is O=C(CSc1nc2[nH]ncc2c(=O)n1-c1cccc2ccccc12)NCc1ccco1. The highest BCUT2D eigenvalue weighted by molar-refractivity contribution is 7.99. The zero-order chi connectivity index (χ0) is 21.2. The van der Waals surface area contributed by atoms with Crippen LogP contribution in [0.5, 0.6) is 0 Å². The van der Waals surface area contributed by atoms with Crippen molar-refractivity contribution in [3.8, 4) is 5.69 Å². The molecular formula is C22H17N5O3S. The Bertz CT molecular complexity index is 1430. The molecule has 3 aromatic heterocycles. The quantitative estimate of drug-likeness (QED) is 0.316. The predicted octanol–water partition coefficient (Wildman–Crippen LogP) is 3.26.